The first-order chi connectivity index (χ1) is 13.9. The minimum atomic E-state index is -1.06. The van der Waals surface area contributed by atoms with E-state index in [0.29, 0.717) is 38.5 Å². The molecule has 0 spiro atoms. The molecule has 0 unspecified atom stereocenters. The molecular weight excluding hydrogens is 504 g/mol. The van der Waals surface area contributed by atoms with E-state index >= 15 is 0 Å². The molecule has 7 nitrogen and oxygen atoms in total. The molecule has 0 fully saturated rings. The molecule has 142 valence electrons. The van der Waals surface area contributed by atoms with Crippen LogP contribution in [0.3, 0.4) is 0 Å². The number of fused-ring (bicyclic) bond motifs is 1. The first-order valence-corrected chi connectivity index (χ1v) is 9.79. The number of imidazole rings is 1. The standard InChI is InChI=1S/C20H10Br2N4O3/c21-11-1-3-14(15(6-11)20(27)28)17-4-2-13(29-17)5-10(8-23)18-25-16-7-12(22)9-24-19(16)26-18/h1-7,9H,(H,27,28)(H,24,25,26). The topological polar surface area (TPSA) is 116 Å². The van der Waals surface area contributed by atoms with Gasteiger partial charge in [-0.2, -0.15) is 5.26 Å². The number of carboxylic acid groups (broad SMARTS) is 1. The van der Waals surface area contributed by atoms with Crippen LogP contribution in [0.2, 0.25) is 0 Å². The quantitative estimate of drug-likeness (QED) is 0.348. The highest BCUT2D eigenvalue weighted by Gasteiger charge is 2.16. The number of H-pyrrole nitrogens is 1. The molecule has 0 aliphatic heterocycles. The predicted molar refractivity (Wildman–Crippen MR) is 114 cm³/mol. The van der Waals surface area contributed by atoms with Crippen LogP contribution in [0.4, 0.5) is 0 Å². The third kappa shape index (κ3) is 3.85. The number of aromatic amines is 1. The first-order valence-electron chi connectivity index (χ1n) is 8.21. The van der Waals surface area contributed by atoms with E-state index in [1.54, 1.807) is 30.5 Å². The van der Waals surface area contributed by atoms with Gasteiger partial charge in [0.25, 0.3) is 0 Å². The van der Waals surface area contributed by atoms with Crippen molar-refractivity contribution < 1.29 is 14.3 Å². The fourth-order valence-electron chi connectivity index (χ4n) is 2.78. The highest BCUT2D eigenvalue weighted by molar-refractivity contribution is 9.10. The molecule has 0 amide bonds. The normalized spacial score (nSPS) is 11.6. The van der Waals surface area contributed by atoms with Crippen molar-refractivity contribution in [2.75, 3.05) is 0 Å². The Morgan fingerprint density at radius 1 is 1.21 bits per heavy atom. The molecule has 0 aliphatic rings. The van der Waals surface area contributed by atoms with Gasteiger partial charge in [0, 0.05) is 26.8 Å². The van der Waals surface area contributed by atoms with Crippen molar-refractivity contribution in [2.45, 2.75) is 0 Å². The van der Waals surface area contributed by atoms with Crippen molar-refractivity contribution in [3.8, 4) is 17.4 Å². The van der Waals surface area contributed by atoms with Gasteiger partial charge in [0.2, 0.25) is 0 Å². The molecule has 4 rings (SSSR count). The molecule has 0 radical (unpaired) electrons. The lowest BCUT2D eigenvalue weighted by atomic mass is 10.1. The lowest BCUT2D eigenvalue weighted by Gasteiger charge is -2.03. The van der Waals surface area contributed by atoms with Crippen LogP contribution in [0.1, 0.15) is 21.9 Å². The minimum Gasteiger partial charge on any atom is -0.478 e. The number of hydrogen-bond donors (Lipinski definition) is 2. The van der Waals surface area contributed by atoms with Crippen molar-refractivity contribution in [1.82, 2.24) is 15.0 Å². The van der Waals surface area contributed by atoms with E-state index in [2.05, 4.69) is 52.9 Å². The van der Waals surface area contributed by atoms with E-state index in [4.69, 9.17) is 4.42 Å². The van der Waals surface area contributed by atoms with Crippen molar-refractivity contribution in [2.24, 2.45) is 0 Å². The molecule has 1 aromatic carbocycles. The number of furan rings is 1. The average Bonchev–Trinajstić information content (AvgIpc) is 3.32. The van der Waals surface area contributed by atoms with Crippen LogP contribution >= 0.6 is 31.9 Å². The number of rotatable bonds is 4. The van der Waals surface area contributed by atoms with Gasteiger partial charge in [0.15, 0.2) is 11.5 Å². The second-order valence-electron chi connectivity index (χ2n) is 5.98. The molecule has 0 saturated carbocycles. The van der Waals surface area contributed by atoms with Crippen LogP contribution in [0.25, 0.3) is 34.1 Å². The zero-order chi connectivity index (χ0) is 20.5. The Balaban J connectivity index is 1.72. The number of allylic oxidation sites excluding steroid dienone is 1. The second kappa shape index (κ2) is 7.66. The van der Waals surface area contributed by atoms with Gasteiger partial charge < -0.3 is 14.5 Å². The summed E-state index contributed by atoms with van der Waals surface area (Å²) in [6.45, 7) is 0. The molecule has 0 saturated heterocycles. The number of pyridine rings is 1. The van der Waals surface area contributed by atoms with Gasteiger partial charge in [-0.05, 0) is 52.3 Å². The van der Waals surface area contributed by atoms with Gasteiger partial charge in [-0.1, -0.05) is 15.9 Å². The molecule has 9 heteroatoms. The van der Waals surface area contributed by atoms with E-state index < -0.39 is 5.97 Å². The van der Waals surface area contributed by atoms with E-state index in [0.717, 1.165) is 4.47 Å². The summed E-state index contributed by atoms with van der Waals surface area (Å²) in [6.07, 6.45) is 3.16. The highest BCUT2D eigenvalue weighted by atomic mass is 79.9. The lowest BCUT2D eigenvalue weighted by Crippen LogP contribution is -1.99. The van der Waals surface area contributed by atoms with Gasteiger partial charge in [-0.25, -0.2) is 14.8 Å². The number of aromatic nitrogens is 3. The van der Waals surface area contributed by atoms with Gasteiger partial charge in [0.1, 0.15) is 17.6 Å². The van der Waals surface area contributed by atoms with Crippen LogP contribution in [0.5, 0.6) is 0 Å². The summed E-state index contributed by atoms with van der Waals surface area (Å²) in [5.74, 6) is 0.0772. The molecule has 0 atom stereocenters. The number of aromatic carboxylic acids is 1. The Kier molecular flexibility index (Phi) is 5.05. The largest absolute Gasteiger partial charge is 0.478 e. The third-order valence-corrected chi connectivity index (χ3v) is 5.00. The van der Waals surface area contributed by atoms with E-state index in [1.165, 1.54) is 12.1 Å². The second-order valence-corrected chi connectivity index (χ2v) is 7.81. The summed E-state index contributed by atoms with van der Waals surface area (Å²) in [5.41, 5.74) is 1.99. The Morgan fingerprint density at radius 3 is 2.79 bits per heavy atom. The Morgan fingerprint density at radius 2 is 2.03 bits per heavy atom. The zero-order valence-corrected chi connectivity index (χ0v) is 17.7. The number of carboxylic acids is 1. The van der Waals surface area contributed by atoms with Gasteiger partial charge in [-0.3, -0.25) is 0 Å². The number of carbonyl (C=O) groups is 1. The lowest BCUT2D eigenvalue weighted by molar-refractivity contribution is 0.0697. The van der Waals surface area contributed by atoms with Crippen LogP contribution in [-0.2, 0) is 0 Å². The van der Waals surface area contributed by atoms with Crippen molar-refractivity contribution in [1.29, 1.82) is 5.26 Å². The van der Waals surface area contributed by atoms with E-state index in [-0.39, 0.29) is 11.1 Å². The van der Waals surface area contributed by atoms with Crippen LogP contribution in [0.15, 0.2) is 56.0 Å². The molecular formula is C20H10Br2N4O3. The maximum Gasteiger partial charge on any atom is 0.336 e. The van der Waals surface area contributed by atoms with Gasteiger partial charge in [0.05, 0.1) is 16.7 Å². The van der Waals surface area contributed by atoms with E-state index in [9.17, 15) is 15.2 Å². The van der Waals surface area contributed by atoms with Crippen LogP contribution in [-0.4, -0.2) is 26.0 Å². The molecule has 29 heavy (non-hydrogen) atoms. The van der Waals surface area contributed by atoms with Crippen molar-refractivity contribution in [3.63, 3.8) is 0 Å². The van der Waals surface area contributed by atoms with Crippen LogP contribution < -0.4 is 0 Å². The maximum absolute atomic E-state index is 11.5. The number of nitriles is 1. The number of nitrogens with zero attached hydrogens (tertiary/aromatic N) is 3. The molecule has 2 N–H and O–H groups in total. The SMILES string of the molecule is N#CC(=Cc1ccc(-c2ccc(Br)cc2C(=O)O)o1)c1nc2ncc(Br)cc2[nH]1. The van der Waals surface area contributed by atoms with Gasteiger partial charge >= 0.3 is 5.97 Å². The first kappa shape index (κ1) is 19.1. The van der Waals surface area contributed by atoms with Crippen molar-refractivity contribution in [3.05, 3.63) is 68.7 Å². The highest BCUT2D eigenvalue weighted by Crippen LogP contribution is 2.30. The molecule has 3 aromatic heterocycles. The average molecular weight is 514 g/mol. The Labute approximate surface area is 181 Å². The number of benzene rings is 1. The fraction of sp³-hybridized carbons (Fsp3) is 0. The molecule has 0 bridgehead atoms. The number of hydrogen-bond acceptors (Lipinski definition) is 5. The summed E-state index contributed by atoms with van der Waals surface area (Å²) in [7, 11) is 0. The summed E-state index contributed by atoms with van der Waals surface area (Å²) >= 11 is 6.62. The summed E-state index contributed by atoms with van der Waals surface area (Å²) in [6, 6.07) is 12.1. The summed E-state index contributed by atoms with van der Waals surface area (Å²) < 4.78 is 7.22. The van der Waals surface area contributed by atoms with Gasteiger partial charge in [-0.15, -0.1) is 0 Å². The fourth-order valence-corrected chi connectivity index (χ4v) is 3.47. The predicted octanol–water partition coefficient (Wildman–Crippen LogP) is 5.51. The maximum atomic E-state index is 11.5. The Bertz CT molecular complexity index is 1330. The smallest absolute Gasteiger partial charge is 0.336 e. The summed E-state index contributed by atoms with van der Waals surface area (Å²) in [4.78, 5) is 23.1. The third-order valence-electron chi connectivity index (χ3n) is 4.07. The molecule has 0 aliphatic carbocycles. The zero-order valence-electron chi connectivity index (χ0n) is 14.5. The monoisotopic (exact) mass is 512 g/mol. The summed E-state index contributed by atoms with van der Waals surface area (Å²) in [5, 5.41) is 19.0. The number of halogens is 2. The van der Waals surface area contributed by atoms with Crippen molar-refractivity contribution >= 4 is 60.6 Å². The van der Waals surface area contributed by atoms with E-state index in [1.807, 2.05) is 6.07 Å². The molecule has 4 aromatic rings. The molecule has 3 heterocycles. The number of nitrogens with one attached hydrogen (secondary N) is 1. The minimum absolute atomic E-state index is 0.110. The Hall–Kier alpha value is -3.22. The van der Waals surface area contributed by atoms with Crippen LogP contribution in [0, 0.1) is 11.3 Å².